The molecule has 0 N–H and O–H groups in total. The third-order valence-corrected chi connectivity index (χ3v) is 4.33. The van der Waals surface area contributed by atoms with E-state index >= 15 is 0 Å². The summed E-state index contributed by atoms with van der Waals surface area (Å²) in [5, 5.41) is 2.71. The minimum atomic E-state index is 0.765. The average molecular weight is 279 g/mol. The van der Waals surface area contributed by atoms with Gasteiger partial charge in [0.05, 0.1) is 0 Å². The first-order valence-corrected chi connectivity index (χ1v) is 6.75. The predicted molar refractivity (Wildman–Crippen MR) is 77.3 cm³/mol. The van der Waals surface area contributed by atoms with Gasteiger partial charge in [0.1, 0.15) is 0 Å². The molecule has 0 aliphatic carbocycles. The normalized spacial score (nSPS) is 10.9. The molecular formula is C14H8Cl2S. The number of benzene rings is 2. The Morgan fingerprint density at radius 1 is 0.882 bits per heavy atom. The fraction of sp³-hybridized carbons (Fsp3) is 0. The first-order chi connectivity index (χ1) is 8.24. The highest BCUT2D eigenvalue weighted by Gasteiger charge is 2.07. The summed E-state index contributed by atoms with van der Waals surface area (Å²) in [4.78, 5) is 1.17. The van der Waals surface area contributed by atoms with Gasteiger partial charge >= 0.3 is 0 Å². The molecule has 0 saturated heterocycles. The van der Waals surface area contributed by atoms with Crippen molar-refractivity contribution in [3.63, 3.8) is 0 Å². The molecule has 0 unspecified atom stereocenters. The highest BCUT2D eigenvalue weighted by atomic mass is 35.5. The van der Waals surface area contributed by atoms with Crippen molar-refractivity contribution in [3.8, 4) is 10.4 Å². The predicted octanol–water partition coefficient (Wildman–Crippen LogP) is 5.88. The second-order valence-electron chi connectivity index (χ2n) is 3.77. The molecule has 2 aromatic carbocycles. The van der Waals surface area contributed by atoms with Crippen molar-refractivity contribution in [1.82, 2.24) is 0 Å². The van der Waals surface area contributed by atoms with Crippen molar-refractivity contribution >= 4 is 44.6 Å². The highest BCUT2D eigenvalue weighted by Crippen LogP contribution is 2.37. The monoisotopic (exact) mass is 278 g/mol. The molecule has 0 fully saturated rings. The molecule has 0 spiro atoms. The number of fused-ring (bicyclic) bond motifs is 1. The van der Waals surface area contributed by atoms with Gasteiger partial charge in [0.25, 0.3) is 0 Å². The van der Waals surface area contributed by atoms with Gasteiger partial charge in [-0.25, -0.2) is 0 Å². The summed E-state index contributed by atoms with van der Waals surface area (Å²) in [5.74, 6) is 0. The van der Waals surface area contributed by atoms with Crippen LogP contribution in [0.3, 0.4) is 0 Å². The highest BCUT2D eigenvalue weighted by molar-refractivity contribution is 7.22. The Morgan fingerprint density at radius 2 is 1.71 bits per heavy atom. The Balaban J connectivity index is 2.22. The van der Waals surface area contributed by atoms with E-state index in [1.807, 2.05) is 42.5 Å². The van der Waals surface area contributed by atoms with Crippen LogP contribution >= 0.6 is 34.5 Å². The van der Waals surface area contributed by atoms with E-state index in [0.29, 0.717) is 0 Å². The van der Waals surface area contributed by atoms with Crippen molar-refractivity contribution in [3.05, 3.63) is 58.6 Å². The number of rotatable bonds is 1. The van der Waals surface area contributed by atoms with E-state index in [-0.39, 0.29) is 0 Å². The molecule has 0 bridgehead atoms. The summed E-state index contributed by atoms with van der Waals surface area (Å²) in [6, 6.07) is 16.0. The van der Waals surface area contributed by atoms with Crippen LogP contribution in [-0.4, -0.2) is 0 Å². The van der Waals surface area contributed by atoms with E-state index in [0.717, 1.165) is 21.0 Å². The van der Waals surface area contributed by atoms with Gasteiger partial charge in [-0.15, -0.1) is 11.3 Å². The molecule has 0 aliphatic rings. The third-order valence-electron chi connectivity index (χ3n) is 2.62. The van der Waals surface area contributed by atoms with Crippen LogP contribution < -0.4 is 0 Å². The lowest BCUT2D eigenvalue weighted by Gasteiger charge is -1.98. The van der Waals surface area contributed by atoms with Gasteiger partial charge in [-0.1, -0.05) is 41.4 Å². The molecule has 84 valence electrons. The van der Waals surface area contributed by atoms with Gasteiger partial charge in [0.15, 0.2) is 0 Å². The van der Waals surface area contributed by atoms with E-state index in [1.165, 1.54) is 9.58 Å². The van der Waals surface area contributed by atoms with Crippen molar-refractivity contribution in [1.29, 1.82) is 0 Å². The van der Waals surface area contributed by atoms with Crippen LogP contribution in [0.15, 0.2) is 48.5 Å². The molecule has 0 amide bonds. The van der Waals surface area contributed by atoms with E-state index in [4.69, 9.17) is 23.2 Å². The Bertz CT molecular complexity index is 686. The lowest BCUT2D eigenvalue weighted by Crippen LogP contribution is -1.72. The number of hydrogen-bond donors (Lipinski definition) is 0. The van der Waals surface area contributed by atoms with Gasteiger partial charge in [-0.05, 0) is 35.7 Å². The summed E-state index contributed by atoms with van der Waals surface area (Å²) < 4.78 is 1.23. The second kappa shape index (κ2) is 4.34. The molecule has 0 saturated carbocycles. The van der Waals surface area contributed by atoms with Crippen LogP contribution in [0.25, 0.3) is 20.5 Å². The van der Waals surface area contributed by atoms with Crippen molar-refractivity contribution in [2.75, 3.05) is 0 Å². The molecule has 3 heteroatoms. The van der Waals surface area contributed by atoms with Crippen LogP contribution in [0.1, 0.15) is 0 Å². The fourth-order valence-corrected chi connectivity index (χ4v) is 3.36. The van der Waals surface area contributed by atoms with E-state index in [9.17, 15) is 0 Å². The Morgan fingerprint density at radius 3 is 2.53 bits per heavy atom. The zero-order valence-corrected chi connectivity index (χ0v) is 11.1. The smallest absolute Gasteiger partial charge is 0.0492 e. The lowest BCUT2D eigenvalue weighted by atomic mass is 10.1. The molecule has 17 heavy (non-hydrogen) atoms. The Kier molecular flexibility index (Phi) is 2.83. The molecule has 3 rings (SSSR count). The van der Waals surface area contributed by atoms with Gasteiger partial charge in [-0.3, -0.25) is 0 Å². The SMILES string of the molecule is Clc1ccc2sc(-c3ccccc3Cl)cc2c1. The number of thiophene rings is 1. The molecule has 3 aromatic rings. The standard InChI is InChI=1S/C14H8Cl2S/c15-10-5-6-13-9(7-10)8-14(17-13)11-3-1-2-4-12(11)16/h1-8H. The first-order valence-electron chi connectivity index (χ1n) is 5.18. The van der Waals surface area contributed by atoms with Crippen molar-refractivity contribution in [2.24, 2.45) is 0 Å². The van der Waals surface area contributed by atoms with E-state index in [2.05, 4.69) is 6.07 Å². The van der Waals surface area contributed by atoms with Crippen LogP contribution in [-0.2, 0) is 0 Å². The van der Waals surface area contributed by atoms with Gasteiger partial charge in [-0.2, -0.15) is 0 Å². The molecule has 0 aliphatic heterocycles. The Hall–Kier alpha value is -1.02. The molecule has 1 heterocycles. The lowest BCUT2D eigenvalue weighted by molar-refractivity contribution is 1.70. The van der Waals surface area contributed by atoms with Gasteiger partial charge in [0, 0.05) is 25.2 Å². The third kappa shape index (κ3) is 2.06. The van der Waals surface area contributed by atoms with Gasteiger partial charge in [0.2, 0.25) is 0 Å². The topological polar surface area (TPSA) is 0 Å². The molecule has 1 aromatic heterocycles. The minimum absolute atomic E-state index is 0.765. The maximum atomic E-state index is 6.20. The van der Waals surface area contributed by atoms with Crippen LogP contribution in [0, 0.1) is 0 Å². The quantitative estimate of drug-likeness (QED) is 0.522. The van der Waals surface area contributed by atoms with Crippen molar-refractivity contribution < 1.29 is 0 Å². The van der Waals surface area contributed by atoms with Crippen LogP contribution in [0.4, 0.5) is 0 Å². The summed E-state index contributed by atoms with van der Waals surface area (Å²) in [7, 11) is 0. The van der Waals surface area contributed by atoms with Crippen LogP contribution in [0.5, 0.6) is 0 Å². The molecule has 0 nitrogen and oxygen atoms in total. The molecule has 0 atom stereocenters. The van der Waals surface area contributed by atoms with E-state index in [1.54, 1.807) is 11.3 Å². The summed E-state index contributed by atoms with van der Waals surface area (Å²) in [6.45, 7) is 0. The zero-order valence-electron chi connectivity index (χ0n) is 8.78. The fourth-order valence-electron chi connectivity index (χ4n) is 1.81. The van der Waals surface area contributed by atoms with Crippen molar-refractivity contribution in [2.45, 2.75) is 0 Å². The van der Waals surface area contributed by atoms with Crippen LogP contribution in [0.2, 0.25) is 10.0 Å². The maximum Gasteiger partial charge on any atom is 0.0492 e. The average Bonchev–Trinajstić information content (AvgIpc) is 2.72. The van der Waals surface area contributed by atoms with Gasteiger partial charge < -0.3 is 0 Å². The largest absolute Gasteiger partial charge is 0.135 e. The summed E-state index contributed by atoms with van der Waals surface area (Å²) in [6.07, 6.45) is 0. The second-order valence-corrected chi connectivity index (χ2v) is 5.70. The first kappa shape index (κ1) is 11.1. The molecular weight excluding hydrogens is 271 g/mol. The Labute approximate surface area is 113 Å². The maximum absolute atomic E-state index is 6.20. The van der Waals surface area contributed by atoms with E-state index < -0.39 is 0 Å². The number of hydrogen-bond acceptors (Lipinski definition) is 1. The summed E-state index contributed by atoms with van der Waals surface area (Å²) in [5.41, 5.74) is 1.08. The number of halogens is 2. The molecule has 0 radical (unpaired) electrons. The minimum Gasteiger partial charge on any atom is -0.135 e. The zero-order chi connectivity index (χ0) is 11.8. The summed E-state index contributed by atoms with van der Waals surface area (Å²) >= 11 is 13.9.